The van der Waals surface area contributed by atoms with E-state index in [1.807, 2.05) is 26.0 Å². The van der Waals surface area contributed by atoms with Crippen molar-refractivity contribution in [3.8, 4) is 5.75 Å². The van der Waals surface area contributed by atoms with Crippen LogP contribution in [0.5, 0.6) is 5.75 Å². The van der Waals surface area contributed by atoms with Gasteiger partial charge in [-0.25, -0.2) is 0 Å². The first-order valence-electron chi connectivity index (χ1n) is 11.5. The quantitative estimate of drug-likeness (QED) is 0.396. The van der Waals surface area contributed by atoms with Gasteiger partial charge in [-0.2, -0.15) is 0 Å². The van der Waals surface area contributed by atoms with Gasteiger partial charge < -0.3 is 0 Å². The number of fused-ring (bicyclic) bond motifs is 1. The number of carbonyl (C=O) groups is 1. The average molecular weight is 520 g/mol. The third-order valence-electron chi connectivity index (χ3n) is 6.68. The van der Waals surface area contributed by atoms with Gasteiger partial charge in [-0.3, -0.25) is 0 Å². The second-order valence-corrected chi connectivity index (χ2v) is 12.3. The summed E-state index contributed by atoms with van der Waals surface area (Å²) >= 11 is -0.0458. The van der Waals surface area contributed by atoms with Crippen molar-refractivity contribution in [2.75, 3.05) is 13.9 Å². The third-order valence-corrected chi connectivity index (χ3v) is 8.84. The van der Waals surface area contributed by atoms with Crippen LogP contribution in [0.1, 0.15) is 81.4 Å². The fourth-order valence-electron chi connectivity index (χ4n) is 4.29. The first-order valence-corrected chi connectivity index (χ1v) is 13.2. The van der Waals surface area contributed by atoms with Crippen LogP contribution in [0.15, 0.2) is 30.3 Å². The number of ether oxygens (including phenoxy) is 3. The summed E-state index contributed by atoms with van der Waals surface area (Å²) in [6, 6.07) is 10.2. The molecule has 6 heteroatoms. The van der Waals surface area contributed by atoms with Crippen molar-refractivity contribution >= 4 is 29.8 Å². The minimum absolute atomic E-state index is 0.0458. The summed E-state index contributed by atoms with van der Waals surface area (Å²) in [7, 11) is 1.61. The van der Waals surface area contributed by atoms with E-state index in [1.165, 1.54) is 11.1 Å². The Kier molecular flexibility index (Phi) is 7.95. The topological polar surface area (TPSA) is 65.0 Å². The molecule has 0 heterocycles. The van der Waals surface area contributed by atoms with Crippen molar-refractivity contribution in [2.45, 2.75) is 77.9 Å². The zero-order valence-corrected chi connectivity index (χ0v) is 22.5. The van der Waals surface area contributed by atoms with E-state index >= 15 is 0 Å². The van der Waals surface area contributed by atoms with Crippen LogP contribution in [0, 0.1) is 0 Å². The van der Waals surface area contributed by atoms with E-state index in [2.05, 4.69) is 39.8 Å². The molecule has 1 aliphatic carbocycles. The van der Waals surface area contributed by atoms with Gasteiger partial charge in [-0.15, -0.1) is 0 Å². The first-order chi connectivity index (χ1) is 15.5. The zero-order valence-electron chi connectivity index (χ0n) is 20.8. The minimum atomic E-state index is -0.878. The Balaban J connectivity index is 2.04. The summed E-state index contributed by atoms with van der Waals surface area (Å²) in [6.45, 7) is 13.2. The Bertz CT molecular complexity index is 1010. The van der Waals surface area contributed by atoms with Gasteiger partial charge in [0.2, 0.25) is 0 Å². The predicted octanol–water partition coefficient (Wildman–Crippen LogP) is 4.30. The molecule has 0 aliphatic heterocycles. The van der Waals surface area contributed by atoms with E-state index in [-0.39, 0.29) is 38.9 Å². The first kappa shape index (κ1) is 25.8. The molecule has 1 N–H and O–H groups in total. The van der Waals surface area contributed by atoms with Gasteiger partial charge in [-0.05, 0) is 0 Å². The zero-order chi connectivity index (χ0) is 24.4. The summed E-state index contributed by atoms with van der Waals surface area (Å²) in [5, 5.41) is 9.48. The second kappa shape index (κ2) is 10.2. The number of carboxylic acid groups (broad SMARTS) is 1. The number of aromatic carboxylic acids is 1. The van der Waals surface area contributed by atoms with Crippen LogP contribution in [0.4, 0.5) is 0 Å². The molecule has 33 heavy (non-hydrogen) atoms. The molecule has 0 fully saturated rings. The van der Waals surface area contributed by atoms with E-state index in [9.17, 15) is 9.90 Å². The van der Waals surface area contributed by atoms with Crippen LogP contribution in [-0.2, 0) is 26.7 Å². The summed E-state index contributed by atoms with van der Waals surface area (Å²) < 4.78 is 19.2. The summed E-state index contributed by atoms with van der Waals surface area (Å²) in [6.07, 6.45) is 2.61. The molecule has 5 nitrogen and oxygen atoms in total. The number of hydrogen-bond acceptors (Lipinski definition) is 4. The van der Waals surface area contributed by atoms with Crippen molar-refractivity contribution in [3.63, 3.8) is 0 Å². The molecule has 0 aromatic heterocycles. The van der Waals surface area contributed by atoms with E-state index in [0.717, 1.165) is 33.1 Å². The van der Waals surface area contributed by atoms with Gasteiger partial charge in [0.05, 0.1) is 0 Å². The van der Waals surface area contributed by atoms with Crippen molar-refractivity contribution < 1.29 is 24.1 Å². The monoisotopic (exact) mass is 520 g/mol. The molecule has 0 radical (unpaired) electrons. The Labute approximate surface area is 204 Å². The predicted molar refractivity (Wildman–Crippen MR) is 133 cm³/mol. The molecule has 0 saturated heterocycles. The number of aryl methyl sites for hydroxylation is 1. The number of hydrogen-bond donors (Lipinski definition) is 1. The molecule has 2 aromatic rings. The van der Waals surface area contributed by atoms with Crippen molar-refractivity contribution in [2.24, 2.45) is 0 Å². The molecule has 1 aliphatic rings. The molecule has 0 saturated carbocycles. The van der Waals surface area contributed by atoms with Crippen LogP contribution >= 0.6 is 0 Å². The molecule has 3 rings (SSSR count). The number of methoxy groups -OCH3 is 1. The maximum absolute atomic E-state index is 11.6. The Morgan fingerprint density at radius 3 is 2.30 bits per heavy atom. The molecule has 180 valence electrons. The van der Waals surface area contributed by atoms with Gasteiger partial charge in [-0.1, -0.05) is 0 Å². The summed E-state index contributed by atoms with van der Waals surface area (Å²) in [5.74, 6) is -0.0414. The van der Waals surface area contributed by atoms with Crippen molar-refractivity contribution in [1.82, 2.24) is 0 Å². The van der Waals surface area contributed by atoms with Crippen LogP contribution < -0.4 is 13.7 Å². The normalized spacial score (nSPS) is 17.3. The summed E-state index contributed by atoms with van der Waals surface area (Å²) in [5.41, 5.74) is 4.13. The number of carboxylic acids is 1. The third kappa shape index (κ3) is 5.81. The van der Waals surface area contributed by atoms with Crippen LogP contribution in [0.3, 0.4) is 0 Å². The second-order valence-electron chi connectivity index (χ2n) is 9.92. The molecular formula is C27H36O5Se. The van der Waals surface area contributed by atoms with Crippen LogP contribution in [0.2, 0.25) is 0 Å². The Hall–Kier alpha value is -1.85. The van der Waals surface area contributed by atoms with E-state index in [0.29, 0.717) is 12.0 Å². The number of rotatable bonds is 9. The molecule has 0 bridgehead atoms. The van der Waals surface area contributed by atoms with E-state index < -0.39 is 5.97 Å². The van der Waals surface area contributed by atoms with Crippen molar-refractivity contribution in [1.29, 1.82) is 0 Å². The Morgan fingerprint density at radius 1 is 1.09 bits per heavy atom. The van der Waals surface area contributed by atoms with Crippen LogP contribution in [0.25, 0.3) is 0 Å². The molecule has 1 atom stereocenters. The number of benzene rings is 2. The standard InChI is InChI=1S/C27H36O5Se/c1-8-18-13-19(9-10-20(18)25(28)29)33-24-15-22-21(26(3,4)11-12-27(22,5)6)14-23(24)32-16-31-17(2)30-7/h9-10,13-15,17H,8,11-12,16H2,1-7H3,(H,28,29). The van der Waals surface area contributed by atoms with Gasteiger partial charge in [0.25, 0.3) is 0 Å². The molecular weight excluding hydrogens is 483 g/mol. The molecule has 1 unspecified atom stereocenters. The molecule has 0 spiro atoms. The van der Waals surface area contributed by atoms with Crippen molar-refractivity contribution in [3.05, 3.63) is 52.6 Å². The van der Waals surface area contributed by atoms with Gasteiger partial charge in [0.1, 0.15) is 0 Å². The Morgan fingerprint density at radius 2 is 1.73 bits per heavy atom. The molecule has 0 amide bonds. The van der Waals surface area contributed by atoms with Gasteiger partial charge >= 0.3 is 204 Å². The molecule has 2 aromatic carbocycles. The van der Waals surface area contributed by atoms with Gasteiger partial charge in [0, 0.05) is 0 Å². The van der Waals surface area contributed by atoms with Gasteiger partial charge in [0.15, 0.2) is 0 Å². The fraction of sp³-hybridized carbons (Fsp3) is 0.519. The van der Waals surface area contributed by atoms with E-state index in [4.69, 9.17) is 14.2 Å². The van der Waals surface area contributed by atoms with Crippen LogP contribution in [-0.4, -0.2) is 46.2 Å². The average Bonchev–Trinajstić information content (AvgIpc) is 2.77. The summed E-state index contributed by atoms with van der Waals surface area (Å²) in [4.78, 5) is 11.6. The SMILES string of the molecule is CCc1cc([Se]c2cc3c(cc2OCOC(C)OC)C(C)(C)CCC3(C)C)ccc1C(=O)O. The maximum atomic E-state index is 11.6. The van der Waals surface area contributed by atoms with E-state index in [1.54, 1.807) is 13.2 Å². The fourth-order valence-corrected chi connectivity index (χ4v) is 6.36.